The Kier molecular flexibility index (Phi) is 5.07. The first kappa shape index (κ1) is 18.6. The Labute approximate surface area is 163 Å². The monoisotopic (exact) mass is 390 g/mol. The summed E-state index contributed by atoms with van der Waals surface area (Å²) in [4.78, 5) is 41.8. The van der Waals surface area contributed by atoms with Crippen molar-refractivity contribution in [2.24, 2.45) is 5.41 Å². The van der Waals surface area contributed by atoms with Gasteiger partial charge in [-0.3, -0.25) is 14.4 Å². The summed E-state index contributed by atoms with van der Waals surface area (Å²) in [6, 6.07) is 3.47. The summed E-state index contributed by atoms with van der Waals surface area (Å²) in [6.07, 6.45) is 4.63. The van der Waals surface area contributed by atoms with E-state index in [9.17, 15) is 14.4 Å². The lowest BCUT2D eigenvalue weighted by Gasteiger charge is -2.38. The highest BCUT2D eigenvalue weighted by Gasteiger charge is 2.46. The molecule has 3 saturated heterocycles. The van der Waals surface area contributed by atoms with Crippen LogP contribution in [0.2, 0.25) is 0 Å². The molecule has 1 spiro atoms. The van der Waals surface area contributed by atoms with E-state index in [0.29, 0.717) is 35.8 Å². The molecule has 4 heterocycles. The molecule has 146 valence electrons. The molecule has 2 amide bonds. The molecule has 0 saturated carbocycles. The van der Waals surface area contributed by atoms with Crippen molar-refractivity contribution in [1.82, 2.24) is 9.80 Å². The van der Waals surface area contributed by atoms with Crippen molar-refractivity contribution < 1.29 is 19.1 Å². The van der Waals surface area contributed by atoms with Gasteiger partial charge in [-0.2, -0.15) is 0 Å². The van der Waals surface area contributed by atoms with Crippen LogP contribution in [0.5, 0.6) is 0 Å². The van der Waals surface area contributed by atoms with Crippen molar-refractivity contribution in [2.45, 2.75) is 45.1 Å². The Hall–Kier alpha value is -1.73. The molecule has 3 aliphatic heterocycles. The minimum Gasteiger partial charge on any atom is -0.376 e. The van der Waals surface area contributed by atoms with E-state index in [4.69, 9.17) is 4.74 Å². The van der Waals surface area contributed by atoms with Gasteiger partial charge in [0, 0.05) is 44.6 Å². The molecule has 0 bridgehead atoms. The Morgan fingerprint density at radius 2 is 2.00 bits per heavy atom. The van der Waals surface area contributed by atoms with Gasteiger partial charge in [-0.15, -0.1) is 11.3 Å². The molecule has 6 nitrogen and oxygen atoms in total. The van der Waals surface area contributed by atoms with Crippen LogP contribution in [0, 0.1) is 5.41 Å². The summed E-state index contributed by atoms with van der Waals surface area (Å²) in [5, 5.41) is 0. The number of amides is 2. The number of nitrogens with zero attached hydrogens (tertiary/aromatic N) is 2. The van der Waals surface area contributed by atoms with E-state index in [2.05, 4.69) is 0 Å². The number of thiophene rings is 1. The van der Waals surface area contributed by atoms with E-state index < -0.39 is 0 Å². The Balaban J connectivity index is 1.34. The molecular weight excluding hydrogens is 364 g/mol. The van der Waals surface area contributed by atoms with Crippen LogP contribution < -0.4 is 0 Å². The quantitative estimate of drug-likeness (QED) is 0.741. The van der Waals surface area contributed by atoms with Crippen molar-refractivity contribution >= 4 is 28.9 Å². The number of hydrogen-bond acceptors (Lipinski definition) is 5. The molecule has 1 aromatic heterocycles. The smallest absolute Gasteiger partial charge is 0.263 e. The number of ketones is 1. The minimum absolute atomic E-state index is 0.00267. The van der Waals surface area contributed by atoms with Crippen molar-refractivity contribution in [3.63, 3.8) is 0 Å². The van der Waals surface area contributed by atoms with Gasteiger partial charge in [-0.05, 0) is 44.7 Å². The molecular formula is C20H26N2O4S. The fourth-order valence-electron chi connectivity index (χ4n) is 4.50. The van der Waals surface area contributed by atoms with Gasteiger partial charge >= 0.3 is 0 Å². The maximum absolute atomic E-state index is 12.7. The third kappa shape index (κ3) is 3.80. The summed E-state index contributed by atoms with van der Waals surface area (Å²) in [5.74, 6) is 0.227. The Bertz CT molecular complexity index is 745. The maximum Gasteiger partial charge on any atom is 0.263 e. The van der Waals surface area contributed by atoms with Crippen LogP contribution in [0.3, 0.4) is 0 Å². The third-order valence-electron chi connectivity index (χ3n) is 6.13. The van der Waals surface area contributed by atoms with Crippen LogP contribution in [-0.4, -0.2) is 66.3 Å². The van der Waals surface area contributed by atoms with E-state index >= 15 is 0 Å². The number of likely N-dealkylation sites (tertiary alicyclic amines) is 2. The molecule has 1 atom stereocenters. The van der Waals surface area contributed by atoms with Gasteiger partial charge < -0.3 is 14.5 Å². The molecule has 7 heteroatoms. The molecule has 1 aromatic rings. The summed E-state index contributed by atoms with van der Waals surface area (Å²) in [6.45, 7) is 5.18. The SMILES string of the molecule is CC(=O)c1ccc(C(=O)N2CCC3(CC2)CC(=O)N(C[C@H]2CCCO2)C3)s1. The highest BCUT2D eigenvalue weighted by molar-refractivity contribution is 7.15. The van der Waals surface area contributed by atoms with Crippen molar-refractivity contribution in [2.75, 3.05) is 32.8 Å². The van der Waals surface area contributed by atoms with E-state index in [1.807, 2.05) is 9.80 Å². The van der Waals surface area contributed by atoms with E-state index in [1.165, 1.54) is 18.3 Å². The minimum atomic E-state index is -0.00699. The first-order valence-electron chi connectivity index (χ1n) is 9.75. The number of ether oxygens (including phenoxy) is 1. The Morgan fingerprint density at radius 3 is 2.63 bits per heavy atom. The molecule has 27 heavy (non-hydrogen) atoms. The lowest BCUT2D eigenvalue weighted by atomic mass is 9.77. The van der Waals surface area contributed by atoms with Crippen LogP contribution in [0.1, 0.15) is 58.4 Å². The van der Waals surface area contributed by atoms with Gasteiger partial charge in [0.05, 0.1) is 15.9 Å². The summed E-state index contributed by atoms with van der Waals surface area (Å²) >= 11 is 1.27. The van der Waals surface area contributed by atoms with Crippen LogP contribution in [0.15, 0.2) is 12.1 Å². The van der Waals surface area contributed by atoms with Crippen molar-refractivity contribution in [3.8, 4) is 0 Å². The standard InChI is InChI=1S/C20H26N2O4S/c1-14(23)16-4-5-17(27-16)19(25)21-8-6-20(7-9-21)11-18(24)22(13-20)12-15-3-2-10-26-15/h4-5,15H,2-3,6-13H2,1H3/t15-/m1/s1. The Morgan fingerprint density at radius 1 is 1.26 bits per heavy atom. The molecule has 4 rings (SSSR count). The average molecular weight is 391 g/mol. The van der Waals surface area contributed by atoms with Crippen molar-refractivity contribution in [1.29, 1.82) is 0 Å². The number of rotatable bonds is 4. The number of carbonyl (C=O) groups excluding carboxylic acids is 3. The van der Waals surface area contributed by atoms with Gasteiger partial charge in [0.15, 0.2) is 5.78 Å². The first-order chi connectivity index (χ1) is 13.0. The van der Waals surface area contributed by atoms with Gasteiger partial charge in [-0.1, -0.05) is 0 Å². The lowest BCUT2D eigenvalue weighted by molar-refractivity contribution is -0.129. The zero-order valence-corrected chi connectivity index (χ0v) is 16.6. The first-order valence-corrected chi connectivity index (χ1v) is 10.6. The molecule has 0 N–H and O–H groups in total. The van der Waals surface area contributed by atoms with Gasteiger partial charge in [0.25, 0.3) is 5.91 Å². The van der Waals surface area contributed by atoms with Crippen LogP contribution in [0.25, 0.3) is 0 Å². The van der Waals surface area contributed by atoms with E-state index in [-0.39, 0.29) is 29.1 Å². The molecule has 3 aliphatic rings. The van der Waals surface area contributed by atoms with Crippen LogP contribution in [0.4, 0.5) is 0 Å². The zero-order valence-electron chi connectivity index (χ0n) is 15.7. The molecule has 0 aliphatic carbocycles. The topological polar surface area (TPSA) is 66.9 Å². The molecule has 0 aromatic carbocycles. The maximum atomic E-state index is 12.7. The van der Waals surface area contributed by atoms with E-state index in [0.717, 1.165) is 38.8 Å². The van der Waals surface area contributed by atoms with Gasteiger partial charge in [-0.25, -0.2) is 0 Å². The second-order valence-corrected chi connectivity index (χ2v) is 9.18. The zero-order chi connectivity index (χ0) is 19.0. The highest BCUT2D eigenvalue weighted by atomic mass is 32.1. The average Bonchev–Trinajstić information content (AvgIpc) is 3.37. The molecule has 3 fully saturated rings. The molecule has 0 radical (unpaired) electrons. The summed E-state index contributed by atoms with van der Waals surface area (Å²) < 4.78 is 5.69. The summed E-state index contributed by atoms with van der Waals surface area (Å²) in [7, 11) is 0. The van der Waals surface area contributed by atoms with Gasteiger partial charge in [0.2, 0.25) is 5.91 Å². The number of piperidine rings is 1. The molecule has 0 unspecified atom stereocenters. The lowest BCUT2D eigenvalue weighted by Crippen LogP contribution is -2.44. The normalized spacial score (nSPS) is 24.8. The predicted molar refractivity (Wildman–Crippen MR) is 102 cm³/mol. The second kappa shape index (κ2) is 7.36. The predicted octanol–water partition coefficient (Wildman–Crippen LogP) is 2.58. The fraction of sp³-hybridized carbons (Fsp3) is 0.650. The largest absolute Gasteiger partial charge is 0.376 e. The van der Waals surface area contributed by atoms with E-state index in [1.54, 1.807) is 12.1 Å². The number of hydrogen-bond donors (Lipinski definition) is 0. The third-order valence-corrected chi connectivity index (χ3v) is 7.30. The van der Waals surface area contributed by atoms with Crippen molar-refractivity contribution in [3.05, 3.63) is 21.9 Å². The number of Topliss-reactive ketones (excluding diaryl/α,β-unsaturated/α-hetero) is 1. The second-order valence-electron chi connectivity index (χ2n) is 8.10. The summed E-state index contributed by atoms with van der Waals surface area (Å²) in [5.41, 5.74) is 0.00641. The highest BCUT2D eigenvalue weighted by Crippen LogP contribution is 2.41. The van der Waals surface area contributed by atoms with Crippen LogP contribution >= 0.6 is 11.3 Å². The van der Waals surface area contributed by atoms with Crippen LogP contribution in [-0.2, 0) is 9.53 Å². The number of carbonyl (C=O) groups is 3. The van der Waals surface area contributed by atoms with Gasteiger partial charge in [0.1, 0.15) is 0 Å². The fourth-order valence-corrected chi connectivity index (χ4v) is 5.37.